The molecule has 0 fully saturated rings. The zero-order valence-corrected chi connectivity index (χ0v) is 17.3. The first-order chi connectivity index (χ1) is 13.2. The number of thiophene rings is 1. The van der Waals surface area contributed by atoms with Crippen LogP contribution in [0.5, 0.6) is 0 Å². The van der Waals surface area contributed by atoms with Gasteiger partial charge in [-0.25, -0.2) is 9.37 Å². The first-order valence-corrected chi connectivity index (χ1v) is 9.98. The lowest BCUT2D eigenvalue weighted by Gasteiger charge is -2.25. The fourth-order valence-electron chi connectivity index (χ4n) is 3.07. The van der Waals surface area contributed by atoms with Crippen LogP contribution in [0.3, 0.4) is 0 Å². The monoisotopic (exact) mass is 401 g/mol. The predicted octanol–water partition coefficient (Wildman–Crippen LogP) is 3.70. The number of aryl methyl sites for hydroxylation is 3. The quantitative estimate of drug-likeness (QED) is 0.685. The van der Waals surface area contributed by atoms with Crippen molar-refractivity contribution in [3.05, 3.63) is 62.8 Å². The summed E-state index contributed by atoms with van der Waals surface area (Å²) in [6.45, 7) is 8.44. The second kappa shape index (κ2) is 7.83. The molecule has 0 unspecified atom stereocenters. The van der Waals surface area contributed by atoms with Gasteiger partial charge in [0, 0.05) is 29.8 Å². The van der Waals surface area contributed by atoms with Crippen LogP contribution < -0.4 is 10.9 Å². The van der Waals surface area contributed by atoms with E-state index in [-0.39, 0.29) is 30.2 Å². The van der Waals surface area contributed by atoms with E-state index in [0.29, 0.717) is 11.9 Å². The number of halogens is 1. The Morgan fingerprint density at radius 1 is 1.32 bits per heavy atom. The van der Waals surface area contributed by atoms with Crippen molar-refractivity contribution < 1.29 is 9.18 Å². The molecule has 7 heteroatoms. The predicted molar refractivity (Wildman–Crippen MR) is 110 cm³/mol. The van der Waals surface area contributed by atoms with Gasteiger partial charge in [-0.2, -0.15) is 0 Å². The lowest BCUT2D eigenvalue weighted by atomic mass is 9.84. The molecule has 0 spiro atoms. The van der Waals surface area contributed by atoms with E-state index < -0.39 is 5.41 Å². The van der Waals surface area contributed by atoms with Crippen LogP contribution in [-0.2, 0) is 16.8 Å². The van der Waals surface area contributed by atoms with Crippen LogP contribution >= 0.6 is 11.3 Å². The lowest BCUT2D eigenvalue weighted by molar-refractivity contribution is -0.121. The Bertz CT molecular complexity index is 1080. The summed E-state index contributed by atoms with van der Waals surface area (Å²) in [4.78, 5) is 31.1. The fourth-order valence-corrected chi connectivity index (χ4v) is 4.06. The van der Waals surface area contributed by atoms with Crippen molar-refractivity contribution in [1.29, 1.82) is 0 Å². The summed E-state index contributed by atoms with van der Waals surface area (Å²) in [5.41, 5.74) is 1.26. The maximum absolute atomic E-state index is 13.5. The second-order valence-electron chi connectivity index (χ2n) is 7.63. The molecule has 0 aliphatic rings. The van der Waals surface area contributed by atoms with Gasteiger partial charge in [-0.05, 0) is 37.1 Å². The van der Waals surface area contributed by atoms with Crippen molar-refractivity contribution in [3.8, 4) is 0 Å². The Morgan fingerprint density at radius 3 is 2.79 bits per heavy atom. The van der Waals surface area contributed by atoms with Gasteiger partial charge in [-0.1, -0.05) is 26.0 Å². The van der Waals surface area contributed by atoms with Crippen molar-refractivity contribution in [1.82, 2.24) is 14.9 Å². The van der Waals surface area contributed by atoms with Gasteiger partial charge >= 0.3 is 0 Å². The van der Waals surface area contributed by atoms with Crippen LogP contribution in [0.4, 0.5) is 4.39 Å². The minimum Gasteiger partial charge on any atom is -0.355 e. The maximum atomic E-state index is 13.5. The third kappa shape index (κ3) is 4.14. The molecule has 0 aliphatic carbocycles. The highest BCUT2D eigenvalue weighted by atomic mass is 32.1. The van der Waals surface area contributed by atoms with Crippen LogP contribution in [0.1, 0.15) is 36.3 Å². The third-order valence-electron chi connectivity index (χ3n) is 5.07. The topological polar surface area (TPSA) is 64.0 Å². The van der Waals surface area contributed by atoms with Crippen molar-refractivity contribution in [2.75, 3.05) is 6.54 Å². The Morgan fingerprint density at radius 2 is 2.07 bits per heavy atom. The smallest absolute Gasteiger partial charge is 0.262 e. The molecule has 1 N–H and O–H groups in total. The maximum Gasteiger partial charge on any atom is 0.262 e. The fraction of sp³-hybridized carbons (Fsp3) is 0.381. The molecule has 0 saturated heterocycles. The molecule has 2 heterocycles. The van der Waals surface area contributed by atoms with E-state index in [1.165, 1.54) is 34.4 Å². The Kier molecular flexibility index (Phi) is 5.65. The highest BCUT2D eigenvalue weighted by Crippen LogP contribution is 2.25. The molecule has 0 atom stereocenters. The van der Waals surface area contributed by atoms with Crippen molar-refractivity contribution in [2.45, 2.75) is 46.1 Å². The number of rotatable bonds is 6. The second-order valence-corrected chi connectivity index (χ2v) is 8.83. The number of carbonyl (C=O) groups is 1. The van der Waals surface area contributed by atoms with Crippen molar-refractivity contribution in [3.63, 3.8) is 0 Å². The third-order valence-corrected chi connectivity index (χ3v) is 6.18. The Balaban J connectivity index is 1.63. The molecule has 2 aromatic heterocycles. The van der Waals surface area contributed by atoms with Gasteiger partial charge in [0.25, 0.3) is 5.56 Å². The average Bonchev–Trinajstić information content (AvgIpc) is 2.94. The van der Waals surface area contributed by atoms with Gasteiger partial charge in [0.15, 0.2) is 0 Å². The molecule has 1 amide bonds. The van der Waals surface area contributed by atoms with Crippen LogP contribution in [-0.4, -0.2) is 22.0 Å². The summed E-state index contributed by atoms with van der Waals surface area (Å²) in [5.74, 6) is -0.451. The molecule has 5 nitrogen and oxygen atoms in total. The summed E-state index contributed by atoms with van der Waals surface area (Å²) in [6.07, 6.45) is 1.68. The number of carbonyl (C=O) groups excluding carboxylic acids is 1. The van der Waals surface area contributed by atoms with Crippen LogP contribution in [0.2, 0.25) is 0 Å². The van der Waals surface area contributed by atoms with Crippen LogP contribution in [0.15, 0.2) is 35.4 Å². The molecule has 28 heavy (non-hydrogen) atoms. The minimum absolute atomic E-state index is 0.111. The molecule has 1 aromatic carbocycles. The number of nitrogens with one attached hydrogen (secondary N) is 1. The van der Waals surface area contributed by atoms with Gasteiger partial charge in [0.2, 0.25) is 5.91 Å². The highest BCUT2D eigenvalue weighted by Gasteiger charge is 2.22. The summed E-state index contributed by atoms with van der Waals surface area (Å²) in [7, 11) is 0. The summed E-state index contributed by atoms with van der Waals surface area (Å²) >= 11 is 1.51. The average molecular weight is 402 g/mol. The summed E-state index contributed by atoms with van der Waals surface area (Å²) in [5, 5.41) is 3.52. The molecule has 0 aliphatic heterocycles. The standard InChI is InChI=1S/C21H24FN3O2S/c1-13-14(2)28-19-18(13)20(27)25(12-24-19)9-8-17(26)23-11-21(3,4)15-6-5-7-16(22)10-15/h5-7,10,12H,8-9,11H2,1-4H3,(H,23,26). The number of nitrogens with zero attached hydrogens (tertiary/aromatic N) is 2. The first kappa shape index (κ1) is 20.2. The normalized spacial score (nSPS) is 11.8. The Hall–Kier alpha value is -2.54. The van der Waals surface area contributed by atoms with Gasteiger partial charge in [0.05, 0.1) is 11.7 Å². The van der Waals surface area contributed by atoms with E-state index in [4.69, 9.17) is 0 Å². The Labute approximate surface area is 167 Å². The molecule has 3 rings (SSSR count). The van der Waals surface area contributed by atoms with Crippen molar-refractivity contribution >= 4 is 27.5 Å². The zero-order chi connectivity index (χ0) is 20.5. The SMILES string of the molecule is Cc1sc2ncn(CCC(=O)NCC(C)(C)c3cccc(F)c3)c(=O)c2c1C. The molecule has 0 radical (unpaired) electrons. The molecule has 0 saturated carbocycles. The zero-order valence-electron chi connectivity index (χ0n) is 16.5. The highest BCUT2D eigenvalue weighted by molar-refractivity contribution is 7.18. The number of amides is 1. The molecular formula is C21H24FN3O2S. The number of fused-ring (bicyclic) bond motifs is 1. The van der Waals surface area contributed by atoms with E-state index in [1.807, 2.05) is 33.8 Å². The van der Waals surface area contributed by atoms with Gasteiger partial charge in [-0.15, -0.1) is 11.3 Å². The van der Waals surface area contributed by atoms with Gasteiger partial charge in [-0.3, -0.25) is 14.2 Å². The lowest BCUT2D eigenvalue weighted by Crippen LogP contribution is -2.37. The number of hydrogen-bond donors (Lipinski definition) is 1. The van der Waals surface area contributed by atoms with Gasteiger partial charge in [0.1, 0.15) is 10.6 Å². The van der Waals surface area contributed by atoms with Gasteiger partial charge < -0.3 is 5.32 Å². The van der Waals surface area contributed by atoms with E-state index >= 15 is 0 Å². The van der Waals surface area contributed by atoms with Crippen LogP contribution in [0.25, 0.3) is 10.2 Å². The first-order valence-electron chi connectivity index (χ1n) is 9.17. The molecule has 3 aromatic rings. The molecule has 0 bridgehead atoms. The molecule has 148 valence electrons. The summed E-state index contributed by atoms with van der Waals surface area (Å²) < 4.78 is 14.9. The minimum atomic E-state index is -0.402. The molecular weight excluding hydrogens is 377 g/mol. The van der Waals surface area contributed by atoms with E-state index in [0.717, 1.165) is 20.8 Å². The van der Waals surface area contributed by atoms with Crippen molar-refractivity contribution in [2.24, 2.45) is 0 Å². The number of benzene rings is 1. The van der Waals surface area contributed by atoms with E-state index in [9.17, 15) is 14.0 Å². The number of aromatic nitrogens is 2. The summed E-state index contributed by atoms with van der Waals surface area (Å²) in [6, 6.07) is 6.40. The number of hydrogen-bond acceptors (Lipinski definition) is 4. The largest absolute Gasteiger partial charge is 0.355 e. The van der Waals surface area contributed by atoms with Crippen LogP contribution in [0, 0.1) is 19.7 Å². The van der Waals surface area contributed by atoms with E-state index in [2.05, 4.69) is 10.3 Å². The van der Waals surface area contributed by atoms with E-state index in [1.54, 1.807) is 6.07 Å².